The van der Waals surface area contributed by atoms with Crippen LogP contribution in [-0.2, 0) is 0 Å². The third kappa shape index (κ3) is 2.69. The quantitative estimate of drug-likeness (QED) is 0.869. The molecule has 0 atom stereocenters. The molecule has 1 saturated heterocycles. The van der Waals surface area contributed by atoms with Gasteiger partial charge in [0.15, 0.2) is 5.82 Å². The SMILES string of the molecule is O=c1c(N2CCN(c3ccccc3F)CC2)nccn1C1CC1. The van der Waals surface area contributed by atoms with Crippen molar-refractivity contribution in [1.82, 2.24) is 9.55 Å². The number of benzene rings is 1. The van der Waals surface area contributed by atoms with Gasteiger partial charge in [0.2, 0.25) is 0 Å². The lowest BCUT2D eigenvalue weighted by molar-refractivity contribution is 0.592. The summed E-state index contributed by atoms with van der Waals surface area (Å²) >= 11 is 0. The lowest BCUT2D eigenvalue weighted by Crippen LogP contribution is -2.49. The molecule has 0 N–H and O–H groups in total. The van der Waals surface area contributed by atoms with E-state index in [1.54, 1.807) is 29.1 Å². The van der Waals surface area contributed by atoms with Gasteiger partial charge in [0.1, 0.15) is 5.82 Å². The van der Waals surface area contributed by atoms with Gasteiger partial charge in [0.25, 0.3) is 5.56 Å². The Bertz CT molecular complexity index is 763. The zero-order valence-electron chi connectivity index (χ0n) is 12.9. The molecule has 2 heterocycles. The highest BCUT2D eigenvalue weighted by Gasteiger charge is 2.27. The minimum atomic E-state index is -0.199. The molecule has 6 heteroatoms. The maximum Gasteiger partial charge on any atom is 0.293 e. The Labute approximate surface area is 134 Å². The molecule has 120 valence electrons. The van der Waals surface area contributed by atoms with Crippen LogP contribution in [0.1, 0.15) is 18.9 Å². The molecule has 0 spiro atoms. The molecule has 1 aromatic carbocycles. The summed E-state index contributed by atoms with van der Waals surface area (Å²) in [5.74, 6) is 0.322. The molecule has 1 aliphatic carbocycles. The second-order valence-electron chi connectivity index (χ2n) is 6.12. The van der Waals surface area contributed by atoms with Crippen molar-refractivity contribution in [3.63, 3.8) is 0 Å². The highest BCUT2D eigenvalue weighted by molar-refractivity contribution is 5.50. The van der Waals surface area contributed by atoms with Gasteiger partial charge in [-0.3, -0.25) is 4.79 Å². The first-order valence-electron chi connectivity index (χ1n) is 8.05. The van der Waals surface area contributed by atoms with E-state index in [4.69, 9.17) is 0 Å². The Morgan fingerprint density at radius 1 is 1.04 bits per heavy atom. The van der Waals surface area contributed by atoms with E-state index in [1.807, 2.05) is 15.9 Å². The molecule has 0 radical (unpaired) electrons. The Balaban J connectivity index is 1.51. The van der Waals surface area contributed by atoms with Crippen molar-refractivity contribution in [2.45, 2.75) is 18.9 Å². The van der Waals surface area contributed by atoms with Crippen LogP contribution in [0.3, 0.4) is 0 Å². The number of aromatic nitrogens is 2. The van der Waals surface area contributed by atoms with Crippen LogP contribution in [-0.4, -0.2) is 35.7 Å². The normalized spacial score (nSPS) is 18.3. The summed E-state index contributed by atoms with van der Waals surface area (Å²) in [5.41, 5.74) is 0.623. The molecule has 0 bridgehead atoms. The predicted molar refractivity (Wildman–Crippen MR) is 87.6 cm³/mol. The minimum Gasteiger partial charge on any atom is -0.366 e. The maximum atomic E-state index is 13.9. The van der Waals surface area contributed by atoms with Crippen LogP contribution in [0.5, 0.6) is 0 Å². The van der Waals surface area contributed by atoms with Gasteiger partial charge in [-0.05, 0) is 25.0 Å². The maximum absolute atomic E-state index is 13.9. The van der Waals surface area contributed by atoms with E-state index in [0.717, 1.165) is 12.8 Å². The fourth-order valence-electron chi connectivity index (χ4n) is 3.14. The minimum absolute atomic E-state index is 0.00524. The van der Waals surface area contributed by atoms with Crippen molar-refractivity contribution in [3.8, 4) is 0 Å². The van der Waals surface area contributed by atoms with Crippen molar-refractivity contribution in [2.24, 2.45) is 0 Å². The average Bonchev–Trinajstić information content (AvgIpc) is 3.41. The molecule has 1 saturated carbocycles. The number of para-hydroxylation sites is 1. The van der Waals surface area contributed by atoms with E-state index in [-0.39, 0.29) is 11.4 Å². The number of piperazine rings is 1. The Morgan fingerprint density at radius 3 is 2.43 bits per heavy atom. The molecule has 4 rings (SSSR count). The van der Waals surface area contributed by atoms with Crippen LogP contribution < -0.4 is 15.4 Å². The van der Waals surface area contributed by atoms with Crippen molar-refractivity contribution >= 4 is 11.5 Å². The number of halogens is 1. The van der Waals surface area contributed by atoms with E-state index in [0.29, 0.717) is 43.7 Å². The van der Waals surface area contributed by atoms with E-state index in [2.05, 4.69) is 4.98 Å². The van der Waals surface area contributed by atoms with Crippen LogP contribution in [0.25, 0.3) is 0 Å². The fourth-order valence-corrected chi connectivity index (χ4v) is 3.14. The summed E-state index contributed by atoms with van der Waals surface area (Å²) in [5, 5.41) is 0. The number of anilines is 2. The van der Waals surface area contributed by atoms with Gasteiger partial charge in [-0.2, -0.15) is 0 Å². The number of rotatable bonds is 3. The number of hydrogen-bond donors (Lipinski definition) is 0. The second kappa shape index (κ2) is 5.68. The highest BCUT2D eigenvalue weighted by atomic mass is 19.1. The Morgan fingerprint density at radius 2 is 1.74 bits per heavy atom. The number of nitrogens with zero attached hydrogens (tertiary/aromatic N) is 4. The van der Waals surface area contributed by atoms with Crippen molar-refractivity contribution < 1.29 is 4.39 Å². The van der Waals surface area contributed by atoms with Crippen LogP contribution in [0, 0.1) is 5.82 Å². The molecule has 1 aliphatic heterocycles. The van der Waals surface area contributed by atoms with Gasteiger partial charge >= 0.3 is 0 Å². The molecule has 5 nitrogen and oxygen atoms in total. The molecule has 1 aromatic heterocycles. The lowest BCUT2D eigenvalue weighted by Gasteiger charge is -2.36. The summed E-state index contributed by atoms with van der Waals surface area (Å²) in [6.07, 6.45) is 5.63. The second-order valence-corrected chi connectivity index (χ2v) is 6.12. The van der Waals surface area contributed by atoms with Gasteiger partial charge in [-0.25, -0.2) is 9.37 Å². The van der Waals surface area contributed by atoms with Crippen LogP contribution in [0.15, 0.2) is 41.5 Å². The summed E-state index contributed by atoms with van der Waals surface area (Å²) in [7, 11) is 0. The van der Waals surface area contributed by atoms with Crippen LogP contribution in [0.4, 0.5) is 15.9 Å². The smallest absolute Gasteiger partial charge is 0.293 e. The fraction of sp³-hybridized carbons (Fsp3) is 0.412. The molecule has 0 amide bonds. The predicted octanol–water partition coefficient (Wildman–Crippen LogP) is 2.04. The van der Waals surface area contributed by atoms with E-state index >= 15 is 0 Å². The third-order valence-electron chi connectivity index (χ3n) is 4.56. The summed E-state index contributed by atoms with van der Waals surface area (Å²) in [6, 6.07) is 7.17. The molecule has 0 unspecified atom stereocenters. The van der Waals surface area contributed by atoms with E-state index in [9.17, 15) is 9.18 Å². The van der Waals surface area contributed by atoms with Gasteiger partial charge in [-0.15, -0.1) is 0 Å². The Kier molecular flexibility index (Phi) is 3.52. The van der Waals surface area contributed by atoms with Crippen molar-refractivity contribution in [3.05, 3.63) is 52.8 Å². The third-order valence-corrected chi connectivity index (χ3v) is 4.56. The first-order valence-corrected chi connectivity index (χ1v) is 8.05. The van der Waals surface area contributed by atoms with Crippen LogP contribution in [0.2, 0.25) is 0 Å². The average molecular weight is 314 g/mol. The molecular formula is C17H19FN4O. The molecule has 2 aromatic rings. The zero-order valence-corrected chi connectivity index (χ0v) is 12.9. The summed E-state index contributed by atoms with van der Waals surface area (Å²) in [4.78, 5) is 20.9. The highest BCUT2D eigenvalue weighted by Crippen LogP contribution is 2.33. The van der Waals surface area contributed by atoms with E-state index < -0.39 is 0 Å². The van der Waals surface area contributed by atoms with Crippen molar-refractivity contribution in [2.75, 3.05) is 36.0 Å². The molecule has 2 aliphatic rings. The van der Waals surface area contributed by atoms with Crippen LogP contribution >= 0.6 is 0 Å². The topological polar surface area (TPSA) is 41.4 Å². The van der Waals surface area contributed by atoms with Gasteiger partial charge in [0.05, 0.1) is 5.69 Å². The molecular weight excluding hydrogens is 295 g/mol. The van der Waals surface area contributed by atoms with Crippen molar-refractivity contribution in [1.29, 1.82) is 0 Å². The Hall–Kier alpha value is -2.37. The standard InChI is InChI=1S/C17H19FN4O/c18-14-3-1-2-4-15(14)20-9-11-21(12-10-20)16-17(23)22(8-7-19-16)13-5-6-13/h1-4,7-8,13H,5-6,9-12H2. The monoisotopic (exact) mass is 314 g/mol. The summed E-state index contributed by atoms with van der Waals surface area (Å²) in [6.45, 7) is 2.71. The van der Waals surface area contributed by atoms with Gasteiger partial charge in [0, 0.05) is 44.6 Å². The lowest BCUT2D eigenvalue weighted by atomic mass is 10.2. The molecule has 23 heavy (non-hydrogen) atoms. The zero-order chi connectivity index (χ0) is 15.8. The number of hydrogen-bond acceptors (Lipinski definition) is 4. The first-order chi connectivity index (χ1) is 11.2. The molecule has 2 fully saturated rings. The summed E-state index contributed by atoms with van der Waals surface area (Å²) < 4.78 is 15.7. The van der Waals surface area contributed by atoms with Gasteiger partial charge in [-0.1, -0.05) is 12.1 Å². The van der Waals surface area contributed by atoms with E-state index in [1.165, 1.54) is 6.07 Å². The van der Waals surface area contributed by atoms with Gasteiger partial charge < -0.3 is 14.4 Å². The first kappa shape index (κ1) is 14.2. The largest absolute Gasteiger partial charge is 0.366 e.